The largest absolute Gasteiger partial charge is 0.465 e. The molecule has 10 heteroatoms. The highest BCUT2D eigenvalue weighted by molar-refractivity contribution is 9.10. The number of aldehydes is 1. The van der Waals surface area contributed by atoms with Gasteiger partial charge < -0.3 is 15.3 Å². The minimum atomic E-state index is -0.958. The fraction of sp³-hybridized carbons (Fsp3) is 0.400. The average Bonchev–Trinajstić information content (AvgIpc) is 3.33. The molecule has 156 valence electrons. The van der Waals surface area contributed by atoms with Gasteiger partial charge in [0.05, 0.1) is 33.9 Å². The van der Waals surface area contributed by atoms with Crippen molar-refractivity contribution in [1.29, 1.82) is 5.26 Å². The third kappa shape index (κ3) is 3.20. The first kappa shape index (κ1) is 20.9. The second-order valence-corrected chi connectivity index (χ2v) is 9.00. The van der Waals surface area contributed by atoms with Crippen molar-refractivity contribution in [3.63, 3.8) is 0 Å². The van der Waals surface area contributed by atoms with Gasteiger partial charge in [-0.3, -0.25) is 4.79 Å². The van der Waals surface area contributed by atoms with E-state index in [9.17, 15) is 14.7 Å². The molecule has 1 aromatic heterocycles. The molecule has 1 aliphatic carbocycles. The second kappa shape index (κ2) is 8.04. The molecule has 2 N–H and O–H groups in total. The maximum absolute atomic E-state index is 15.2. The Kier molecular flexibility index (Phi) is 5.59. The van der Waals surface area contributed by atoms with E-state index in [-0.39, 0.29) is 34.4 Å². The van der Waals surface area contributed by atoms with Crippen molar-refractivity contribution >= 4 is 56.7 Å². The van der Waals surface area contributed by atoms with Crippen molar-refractivity contribution in [3.8, 4) is 6.07 Å². The van der Waals surface area contributed by atoms with Gasteiger partial charge in [-0.1, -0.05) is 0 Å². The molecule has 2 saturated heterocycles. The topological polar surface area (TPSA) is 106 Å². The van der Waals surface area contributed by atoms with Gasteiger partial charge in [-0.25, -0.2) is 14.2 Å². The van der Waals surface area contributed by atoms with Crippen LogP contribution in [0.1, 0.15) is 28.8 Å². The van der Waals surface area contributed by atoms with E-state index in [1.807, 2.05) is 0 Å². The van der Waals surface area contributed by atoms with Crippen LogP contribution >= 0.6 is 27.7 Å². The Morgan fingerprint density at radius 3 is 2.97 bits per heavy atom. The van der Waals surface area contributed by atoms with Gasteiger partial charge in [0.15, 0.2) is 12.1 Å². The Hall–Kier alpha value is -2.38. The maximum Gasteiger partial charge on any atom is 0.407 e. The molecule has 5 rings (SSSR count). The Balaban J connectivity index is 1.86. The van der Waals surface area contributed by atoms with Crippen LogP contribution in [0.3, 0.4) is 0 Å². The molecule has 0 unspecified atom stereocenters. The zero-order chi connectivity index (χ0) is 21.6. The van der Waals surface area contributed by atoms with Crippen molar-refractivity contribution in [1.82, 2.24) is 9.88 Å². The molecule has 2 aliphatic heterocycles. The SMILES string of the molecule is CSc1nc2c(F)c(Br)c(CCC#N)cc2c(N[C@H]2[C@@H]3C[C@H]2N(C(=O)O)C3)c1C=O. The second-order valence-electron chi connectivity index (χ2n) is 7.41. The molecule has 1 saturated carbocycles. The molecule has 3 fully saturated rings. The Labute approximate surface area is 184 Å². The van der Waals surface area contributed by atoms with Crippen LogP contribution in [0.25, 0.3) is 10.9 Å². The normalized spacial score (nSPS) is 21.9. The number of nitrogens with zero attached hydrogens (tertiary/aromatic N) is 3. The number of carbonyl (C=O) groups is 2. The van der Waals surface area contributed by atoms with Crippen LogP contribution in [0.15, 0.2) is 15.6 Å². The standard InChI is InChI=1S/C20H18BrFN4O3S/c1-30-19-12(8-27)17(24-16-10-6-13(16)26(7-10)20(28)29)11-5-9(3-2-4-23)14(21)15(22)18(11)25-19/h5,8,10,13,16H,2-3,6-7H2,1H3,(H,24,25)(H,28,29)/t10-,13-,16+/m1/s1. The molecule has 2 bridgehead atoms. The number of hydrogen-bond donors (Lipinski definition) is 2. The monoisotopic (exact) mass is 492 g/mol. The number of carbonyl (C=O) groups excluding carboxylic acids is 1. The highest BCUT2D eigenvalue weighted by Gasteiger charge is 2.54. The third-order valence-corrected chi connectivity index (χ3v) is 7.47. The number of anilines is 1. The Morgan fingerprint density at radius 1 is 1.60 bits per heavy atom. The summed E-state index contributed by atoms with van der Waals surface area (Å²) in [5, 5.41) is 22.5. The highest BCUT2D eigenvalue weighted by atomic mass is 79.9. The van der Waals surface area contributed by atoms with Crippen LogP contribution in [0.4, 0.5) is 14.9 Å². The van der Waals surface area contributed by atoms with Gasteiger partial charge >= 0.3 is 6.09 Å². The molecule has 0 radical (unpaired) electrons. The third-order valence-electron chi connectivity index (χ3n) is 5.91. The number of aromatic nitrogens is 1. The number of aryl methyl sites for hydroxylation is 1. The van der Waals surface area contributed by atoms with E-state index in [4.69, 9.17) is 5.26 Å². The van der Waals surface area contributed by atoms with Crippen molar-refractivity contribution in [3.05, 3.63) is 27.5 Å². The van der Waals surface area contributed by atoms with Crippen molar-refractivity contribution in [2.24, 2.45) is 5.92 Å². The summed E-state index contributed by atoms with van der Waals surface area (Å²) in [7, 11) is 0. The molecule has 2 aromatic rings. The van der Waals surface area contributed by atoms with Crippen LogP contribution in [0, 0.1) is 23.1 Å². The lowest BCUT2D eigenvalue weighted by atomic mass is 9.79. The van der Waals surface area contributed by atoms with E-state index >= 15 is 4.39 Å². The number of carboxylic acid groups (broad SMARTS) is 1. The summed E-state index contributed by atoms with van der Waals surface area (Å²) in [6.07, 6.45) is 2.85. The van der Waals surface area contributed by atoms with Gasteiger partial charge in [0.2, 0.25) is 0 Å². The number of hydrogen-bond acceptors (Lipinski definition) is 6. The van der Waals surface area contributed by atoms with Gasteiger partial charge in [0.25, 0.3) is 0 Å². The lowest BCUT2D eigenvalue weighted by molar-refractivity contribution is 0.112. The lowest BCUT2D eigenvalue weighted by Gasteiger charge is -2.37. The van der Waals surface area contributed by atoms with E-state index < -0.39 is 11.9 Å². The number of rotatable bonds is 6. The Morgan fingerprint density at radius 2 is 2.37 bits per heavy atom. The maximum atomic E-state index is 15.2. The fourth-order valence-electron chi connectivity index (χ4n) is 4.40. The molecule has 30 heavy (non-hydrogen) atoms. The van der Waals surface area contributed by atoms with Gasteiger partial charge in [0, 0.05) is 24.3 Å². The van der Waals surface area contributed by atoms with Crippen LogP contribution < -0.4 is 5.32 Å². The number of pyridine rings is 1. The lowest BCUT2D eigenvalue weighted by Crippen LogP contribution is -2.49. The van der Waals surface area contributed by atoms with E-state index in [0.29, 0.717) is 46.5 Å². The number of benzene rings is 1. The van der Waals surface area contributed by atoms with Crippen molar-refractivity contribution < 1.29 is 19.1 Å². The summed E-state index contributed by atoms with van der Waals surface area (Å²) >= 11 is 4.52. The Bertz CT molecular complexity index is 1110. The zero-order valence-corrected chi connectivity index (χ0v) is 18.4. The van der Waals surface area contributed by atoms with Gasteiger partial charge in [-0.05, 0) is 46.7 Å². The van der Waals surface area contributed by atoms with Crippen molar-refractivity contribution in [2.75, 3.05) is 18.1 Å². The smallest absolute Gasteiger partial charge is 0.407 e. The van der Waals surface area contributed by atoms with Gasteiger partial charge in [-0.2, -0.15) is 5.26 Å². The summed E-state index contributed by atoms with van der Waals surface area (Å²) in [6.45, 7) is 0.444. The van der Waals surface area contributed by atoms with E-state index in [1.165, 1.54) is 16.7 Å². The van der Waals surface area contributed by atoms with E-state index in [2.05, 4.69) is 32.3 Å². The molecular weight excluding hydrogens is 475 g/mol. The summed E-state index contributed by atoms with van der Waals surface area (Å²) in [4.78, 5) is 29.2. The van der Waals surface area contributed by atoms with E-state index in [0.717, 1.165) is 6.42 Å². The minimum absolute atomic E-state index is 0.127. The first-order chi connectivity index (χ1) is 14.4. The first-order valence-electron chi connectivity index (χ1n) is 9.38. The van der Waals surface area contributed by atoms with Gasteiger partial charge in [-0.15, -0.1) is 11.8 Å². The molecule has 1 amide bonds. The van der Waals surface area contributed by atoms with Gasteiger partial charge in [0.1, 0.15) is 10.5 Å². The quantitative estimate of drug-likeness (QED) is 0.457. The predicted molar refractivity (Wildman–Crippen MR) is 115 cm³/mol. The fourth-order valence-corrected chi connectivity index (χ4v) is 5.45. The predicted octanol–water partition coefficient (Wildman–Crippen LogP) is 4.29. The number of amides is 1. The van der Waals surface area contributed by atoms with Crippen molar-refractivity contribution in [2.45, 2.75) is 36.4 Å². The molecule has 1 aromatic carbocycles. The summed E-state index contributed by atoms with van der Waals surface area (Å²) < 4.78 is 15.4. The number of nitriles is 1. The zero-order valence-electron chi connectivity index (χ0n) is 16.0. The molecule has 3 heterocycles. The number of thioether (sulfide) groups is 1. The van der Waals surface area contributed by atoms with Crippen LogP contribution in [0.2, 0.25) is 0 Å². The van der Waals surface area contributed by atoms with Crippen LogP contribution in [-0.2, 0) is 6.42 Å². The number of halogens is 2. The first-order valence-corrected chi connectivity index (χ1v) is 11.4. The highest BCUT2D eigenvalue weighted by Crippen LogP contribution is 2.45. The molecule has 3 aliphatic rings. The summed E-state index contributed by atoms with van der Waals surface area (Å²) in [5.74, 6) is -0.398. The van der Waals surface area contributed by atoms with Crippen LogP contribution in [0.5, 0.6) is 0 Å². The number of nitrogens with one attached hydrogen (secondary N) is 1. The van der Waals surface area contributed by atoms with E-state index in [1.54, 1.807) is 12.3 Å². The summed E-state index contributed by atoms with van der Waals surface area (Å²) in [6, 6.07) is 3.49. The number of fused-ring (bicyclic) bond motifs is 2. The molecule has 0 spiro atoms. The molecular formula is C20H18BrFN4O3S. The minimum Gasteiger partial charge on any atom is -0.465 e. The average molecular weight is 493 g/mol. The van der Waals surface area contributed by atoms with Crippen LogP contribution in [-0.4, -0.2) is 52.3 Å². The molecule has 7 nitrogen and oxygen atoms in total. The summed E-state index contributed by atoms with van der Waals surface area (Å²) in [5.41, 5.74) is 1.54. The molecule has 3 atom stereocenters.